The van der Waals surface area contributed by atoms with E-state index < -0.39 is 0 Å². The molecule has 2 aromatic heterocycles. The highest BCUT2D eigenvalue weighted by molar-refractivity contribution is 5.44. The molecule has 1 fully saturated rings. The summed E-state index contributed by atoms with van der Waals surface area (Å²) in [6.07, 6.45) is 2.47. The number of hydrogen-bond acceptors (Lipinski definition) is 5. The molecule has 0 aromatic carbocycles. The van der Waals surface area contributed by atoms with Gasteiger partial charge in [0.25, 0.3) is 5.56 Å². The second-order valence-corrected chi connectivity index (χ2v) is 5.76. The van der Waals surface area contributed by atoms with Gasteiger partial charge in [0, 0.05) is 37.1 Å². The van der Waals surface area contributed by atoms with Crippen molar-refractivity contribution < 1.29 is 0 Å². The van der Waals surface area contributed by atoms with Gasteiger partial charge in [-0.3, -0.25) is 9.78 Å². The largest absolute Gasteiger partial charge is 0.357 e. The van der Waals surface area contributed by atoms with E-state index in [-0.39, 0.29) is 5.56 Å². The Labute approximate surface area is 129 Å². The maximum Gasteiger partial charge on any atom is 0.252 e. The average molecular weight is 299 g/mol. The number of H-pyrrole nitrogens is 1. The van der Waals surface area contributed by atoms with Crippen LogP contribution in [0.15, 0.2) is 23.0 Å². The summed E-state index contributed by atoms with van der Waals surface area (Å²) in [6.45, 7) is 6.58. The molecular formula is C16H21N5O. The van der Waals surface area contributed by atoms with Crippen molar-refractivity contribution in [2.24, 2.45) is 0 Å². The molecule has 0 unspecified atom stereocenters. The standard InChI is InChI=1S/C16H21N5O/c1-11-7-13(9-14(18-11)21-5-3-4-6-21)10-17-16-19-12(2)8-15(22)20-16/h7-9H,3-6,10H2,1-2H3,(H2,17,19,20,22). The quantitative estimate of drug-likeness (QED) is 0.903. The molecule has 0 saturated carbocycles. The maximum absolute atomic E-state index is 11.5. The van der Waals surface area contributed by atoms with E-state index in [0.717, 1.165) is 30.2 Å². The molecule has 3 heterocycles. The summed E-state index contributed by atoms with van der Waals surface area (Å²) < 4.78 is 0. The first-order valence-corrected chi connectivity index (χ1v) is 7.64. The lowest BCUT2D eigenvalue weighted by atomic mass is 10.2. The predicted molar refractivity (Wildman–Crippen MR) is 87.3 cm³/mol. The van der Waals surface area contributed by atoms with Crippen molar-refractivity contribution in [1.82, 2.24) is 15.0 Å². The molecule has 6 nitrogen and oxygen atoms in total. The Morgan fingerprint density at radius 3 is 2.59 bits per heavy atom. The molecule has 0 radical (unpaired) electrons. The van der Waals surface area contributed by atoms with E-state index in [0.29, 0.717) is 18.2 Å². The van der Waals surface area contributed by atoms with Gasteiger partial charge in [-0.05, 0) is 44.4 Å². The van der Waals surface area contributed by atoms with Crippen LogP contribution in [-0.2, 0) is 6.54 Å². The fourth-order valence-electron chi connectivity index (χ4n) is 2.78. The summed E-state index contributed by atoms with van der Waals surface area (Å²) in [5.74, 6) is 1.54. The number of aryl methyl sites for hydroxylation is 2. The van der Waals surface area contributed by atoms with Crippen LogP contribution in [0.25, 0.3) is 0 Å². The smallest absolute Gasteiger partial charge is 0.252 e. The number of anilines is 2. The van der Waals surface area contributed by atoms with Crippen LogP contribution in [0.2, 0.25) is 0 Å². The molecule has 1 aliphatic rings. The molecule has 0 amide bonds. The van der Waals surface area contributed by atoms with Crippen LogP contribution < -0.4 is 15.8 Å². The van der Waals surface area contributed by atoms with Gasteiger partial charge in [0.2, 0.25) is 5.95 Å². The van der Waals surface area contributed by atoms with E-state index >= 15 is 0 Å². The molecular weight excluding hydrogens is 278 g/mol. The Morgan fingerprint density at radius 1 is 1.14 bits per heavy atom. The van der Waals surface area contributed by atoms with Crippen molar-refractivity contribution in [3.05, 3.63) is 45.5 Å². The first-order valence-electron chi connectivity index (χ1n) is 7.64. The normalized spacial score (nSPS) is 14.4. The maximum atomic E-state index is 11.5. The molecule has 22 heavy (non-hydrogen) atoms. The topological polar surface area (TPSA) is 73.9 Å². The highest BCUT2D eigenvalue weighted by Gasteiger charge is 2.14. The molecule has 3 rings (SSSR count). The van der Waals surface area contributed by atoms with E-state index in [2.05, 4.69) is 37.3 Å². The number of rotatable bonds is 4. The van der Waals surface area contributed by atoms with Gasteiger partial charge in [0.05, 0.1) is 0 Å². The third-order valence-corrected chi connectivity index (χ3v) is 3.76. The van der Waals surface area contributed by atoms with E-state index in [1.54, 1.807) is 0 Å². The van der Waals surface area contributed by atoms with E-state index in [4.69, 9.17) is 0 Å². The van der Waals surface area contributed by atoms with Crippen molar-refractivity contribution in [2.45, 2.75) is 33.2 Å². The van der Waals surface area contributed by atoms with Crippen LogP contribution >= 0.6 is 0 Å². The van der Waals surface area contributed by atoms with E-state index in [1.165, 1.54) is 18.9 Å². The number of aromatic amines is 1. The summed E-state index contributed by atoms with van der Waals surface area (Å²) in [5, 5.41) is 3.17. The van der Waals surface area contributed by atoms with Crippen molar-refractivity contribution >= 4 is 11.8 Å². The average Bonchev–Trinajstić information content (AvgIpc) is 2.98. The van der Waals surface area contributed by atoms with Crippen LogP contribution in [0.3, 0.4) is 0 Å². The second-order valence-electron chi connectivity index (χ2n) is 5.76. The molecule has 1 saturated heterocycles. The van der Waals surface area contributed by atoms with Gasteiger partial charge in [-0.15, -0.1) is 0 Å². The zero-order chi connectivity index (χ0) is 15.5. The fourth-order valence-corrected chi connectivity index (χ4v) is 2.78. The van der Waals surface area contributed by atoms with Gasteiger partial charge < -0.3 is 10.2 Å². The Hall–Kier alpha value is -2.37. The first-order chi connectivity index (χ1) is 10.6. The zero-order valence-corrected chi connectivity index (χ0v) is 13.0. The molecule has 2 N–H and O–H groups in total. The van der Waals surface area contributed by atoms with Gasteiger partial charge in [-0.1, -0.05) is 0 Å². The highest BCUT2D eigenvalue weighted by atomic mass is 16.1. The number of aromatic nitrogens is 3. The number of nitrogens with zero attached hydrogens (tertiary/aromatic N) is 3. The first kappa shape index (κ1) is 14.6. The van der Waals surface area contributed by atoms with Gasteiger partial charge in [0.1, 0.15) is 5.82 Å². The lowest BCUT2D eigenvalue weighted by molar-refractivity contribution is 0.920. The SMILES string of the molecule is Cc1cc(CNc2nc(C)cc(=O)[nH]2)cc(N2CCCC2)n1. The molecule has 0 spiro atoms. The lowest BCUT2D eigenvalue weighted by Gasteiger charge is -2.18. The molecule has 116 valence electrons. The van der Waals surface area contributed by atoms with Crippen molar-refractivity contribution in [1.29, 1.82) is 0 Å². The number of hydrogen-bond donors (Lipinski definition) is 2. The second kappa shape index (κ2) is 6.17. The Kier molecular flexibility index (Phi) is 4.09. The highest BCUT2D eigenvalue weighted by Crippen LogP contribution is 2.20. The van der Waals surface area contributed by atoms with Crippen LogP contribution in [0.4, 0.5) is 11.8 Å². The third kappa shape index (κ3) is 3.44. The summed E-state index contributed by atoms with van der Waals surface area (Å²) in [6, 6.07) is 5.65. The molecule has 0 bridgehead atoms. The van der Waals surface area contributed by atoms with E-state index in [1.807, 2.05) is 13.8 Å². The van der Waals surface area contributed by atoms with Crippen molar-refractivity contribution in [3.63, 3.8) is 0 Å². The van der Waals surface area contributed by atoms with Crippen LogP contribution in [0.5, 0.6) is 0 Å². The zero-order valence-electron chi connectivity index (χ0n) is 13.0. The van der Waals surface area contributed by atoms with Gasteiger partial charge in [-0.25, -0.2) is 9.97 Å². The third-order valence-electron chi connectivity index (χ3n) is 3.76. The van der Waals surface area contributed by atoms with E-state index in [9.17, 15) is 4.79 Å². The minimum Gasteiger partial charge on any atom is -0.357 e. The minimum atomic E-state index is -0.140. The van der Waals surface area contributed by atoms with Crippen LogP contribution in [0.1, 0.15) is 29.8 Å². The van der Waals surface area contributed by atoms with Crippen LogP contribution in [-0.4, -0.2) is 28.0 Å². The number of nitrogens with one attached hydrogen (secondary N) is 2. The van der Waals surface area contributed by atoms with Gasteiger partial charge in [0.15, 0.2) is 0 Å². The van der Waals surface area contributed by atoms with Crippen LogP contribution in [0, 0.1) is 13.8 Å². The molecule has 6 heteroatoms. The molecule has 2 aromatic rings. The number of pyridine rings is 1. The summed E-state index contributed by atoms with van der Waals surface area (Å²) in [5.41, 5.74) is 2.71. The summed E-state index contributed by atoms with van der Waals surface area (Å²) in [7, 11) is 0. The predicted octanol–water partition coefficient (Wildman–Crippen LogP) is 1.99. The van der Waals surface area contributed by atoms with Crippen molar-refractivity contribution in [2.75, 3.05) is 23.3 Å². The lowest BCUT2D eigenvalue weighted by Crippen LogP contribution is -2.20. The Bertz CT molecular complexity index is 719. The minimum absolute atomic E-state index is 0.140. The molecule has 0 aliphatic carbocycles. The fraction of sp³-hybridized carbons (Fsp3) is 0.438. The molecule has 1 aliphatic heterocycles. The summed E-state index contributed by atoms with van der Waals surface area (Å²) >= 11 is 0. The monoisotopic (exact) mass is 299 g/mol. The van der Waals surface area contributed by atoms with Gasteiger partial charge in [-0.2, -0.15) is 0 Å². The summed E-state index contributed by atoms with van der Waals surface area (Å²) in [4.78, 5) is 25.4. The van der Waals surface area contributed by atoms with Gasteiger partial charge >= 0.3 is 0 Å². The Balaban J connectivity index is 1.75. The Morgan fingerprint density at radius 2 is 1.86 bits per heavy atom. The van der Waals surface area contributed by atoms with Crippen molar-refractivity contribution in [3.8, 4) is 0 Å². The molecule has 0 atom stereocenters.